The number of ether oxygens (including phenoxy) is 1. The van der Waals surface area contributed by atoms with Crippen LogP contribution in [0.3, 0.4) is 0 Å². The Balaban J connectivity index is 2.95. The van der Waals surface area contributed by atoms with Crippen LogP contribution in [0.1, 0.15) is 12.5 Å². The van der Waals surface area contributed by atoms with E-state index in [2.05, 4.69) is 0 Å². The number of halogens is 2. The van der Waals surface area contributed by atoms with Crippen molar-refractivity contribution in [1.82, 2.24) is 0 Å². The summed E-state index contributed by atoms with van der Waals surface area (Å²) < 4.78 is 16.6. The average Bonchev–Trinajstić information content (AvgIpc) is 2.05. The summed E-state index contributed by atoms with van der Waals surface area (Å²) >= 11 is 5.71. The van der Waals surface area contributed by atoms with Crippen LogP contribution in [0.5, 0.6) is 5.75 Å². The van der Waals surface area contributed by atoms with Crippen molar-refractivity contribution in [2.75, 3.05) is 6.86 Å². The SMILES string of the molecule is CCc1ccc(Cl)cc1OCF. The average molecular weight is 189 g/mol. The molecule has 0 unspecified atom stereocenters. The first-order valence-corrected chi connectivity index (χ1v) is 4.13. The van der Waals surface area contributed by atoms with Crippen LogP contribution in [-0.2, 0) is 6.42 Å². The van der Waals surface area contributed by atoms with E-state index in [1.54, 1.807) is 12.1 Å². The molecule has 0 radical (unpaired) electrons. The van der Waals surface area contributed by atoms with Gasteiger partial charge in [0.15, 0.2) is 0 Å². The molecular formula is C9H10ClFO. The Morgan fingerprint density at radius 2 is 2.25 bits per heavy atom. The van der Waals surface area contributed by atoms with E-state index in [1.807, 2.05) is 13.0 Å². The Labute approximate surface area is 76.1 Å². The molecule has 0 saturated carbocycles. The maximum absolute atomic E-state index is 11.9. The number of hydrogen-bond donors (Lipinski definition) is 0. The van der Waals surface area contributed by atoms with E-state index in [9.17, 15) is 4.39 Å². The van der Waals surface area contributed by atoms with Crippen molar-refractivity contribution in [3.05, 3.63) is 28.8 Å². The quantitative estimate of drug-likeness (QED) is 0.708. The van der Waals surface area contributed by atoms with Gasteiger partial charge in [0.1, 0.15) is 5.75 Å². The minimum absolute atomic E-state index is 0.535. The maximum Gasteiger partial charge on any atom is 0.228 e. The largest absolute Gasteiger partial charge is 0.463 e. The van der Waals surface area contributed by atoms with Crippen LogP contribution in [0.15, 0.2) is 18.2 Å². The molecule has 0 aliphatic carbocycles. The highest BCUT2D eigenvalue weighted by Crippen LogP contribution is 2.23. The van der Waals surface area contributed by atoms with Gasteiger partial charge in [0.2, 0.25) is 6.86 Å². The van der Waals surface area contributed by atoms with Crippen molar-refractivity contribution in [2.45, 2.75) is 13.3 Å². The first-order valence-electron chi connectivity index (χ1n) is 3.75. The van der Waals surface area contributed by atoms with Crippen LogP contribution >= 0.6 is 11.6 Å². The Bertz CT molecular complexity index is 263. The predicted octanol–water partition coefficient (Wildman–Crippen LogP) is 3.21. The van der Waals surface area contributed by atoms with Gasteiger partial charge < -0.3 is 4.74 Å². The minimum atomic E-state index is -0.812. The monoisotopic (exact) mass is 188 g/mol. The highest BCUT2D eigenvalue weighted by atomic mass is 35.5. The second kappa shape index (κ2) is 4.31. The van der Waals surface area contributed by atoms with Gasteiger partial charge in [-0.05, 0) is 24.1 Å². The molecule has 1 rings (SSSR count). The minimum Gasteiger partial charge on any atom is -0.463 e. The molecule has 1 aromatic carbocycles. The third kappa shape index (κ3) is 2.11. The summed E-state index contributed by atoms with van der Waals surface area (Å²) in [7, 11) is 0. The van der Waals surface area contributed by atoms with E-state index in [1.165, 1.54) is 0 Å². The van der Waals surface area contributed by atoms with Crippen LogP contribution < -0.4 is 4.74 Å². The molecule has 1 nitrogen and oxygen atoms in total. The van der Waals surface area contributed by atoms with Crippen LogP contribution in [0.4, 0.5) is 4.39 Å². The Hall–Kier alpha value is -0.760. The molecule has 66 valence electrons. The van der Waals surface area contributed by atoms with Gasteiger partial charge in [0.25, 0.3) is 0 Å². The lowest BCUT2D eigenvalue weighted by molar-refractivity contribution is 0.190. The van der Waals surface area contributed by atoms with Gasteiger partial charge in [-0.1, -0.05) is 24.6 Å². The Morgan fingerprint density at radius 1 is 1.50 bits per heavy atom. The maximum atomic E-state index is 11.9. The van der Waals surface area contributed by atoms with Gasteiger partial charge in [-0.15, -0.1) is 0 Å². The lowest BCUT2D eigenvalue weighted by atomic mass is 10.1. The van der Waals surface area contributed by atoms with E-state index in [0.717, 1.165) is 12.0 Å². The number of benzene rings is 1. The van der Waals surface area contributed by atoms with Gasteiger partial charge in [0.05, 0.1) is 0 Å². The summed E-state index contributed by atoms with van der Waals surface area (Å²) in [6, 6.07) is 5.23. The number of hydrogen-bond acceptors (Lipinski definition) is 1. The number of aryl methyl sites for hydroxylation is 1. The fraction of sp³-hybridized carbons (Fsp3) is 0.333. The summed E-state index contributed by atoms with van der Waals surface area (Å²) in [5.74, 6) is 0.535. The molecule has 0 atom stereocenters. The molecule has 3 heteroatoms. The molecule has 12 heavy (non-hydrogen) atoms. The van der Waals surface area contributed by atoms with Gasteiger partial charge in [0, 0.05) is 5.02 Å². The van der Waals surface area contributed by atoms with Crippen molar-refractivity contribution >= 4 is 11.6 Å². The van der Waals surface area contributed by atoms with Gasteiger partial charge in [-0.3, -0.25) is 0 Å². The van der Waals surface area contributed by atoms with Crippen molar-refractivity contribution < 1.29 is 9.13 Å². The lowest BCUT2D eigenvalue weighted by Crippen LogP contribution is -1.94. The predicted molar refractivity (Wildman–Crippen MR) is 47.4 cm³/mol. The summed E-state index contributed by atoms with van der Waals surface area (Å²) in [5.41, 5.74) is 0.969. The van der Waals surface area contributed by atoms with Crippen LogP contribution in [0.25, 0.3) is 0 Å². The first kappa shape index (κ1) is 9.33. The van der Waals surface area contributed by atoms with Crippen molar-refractivity contribution in [1.29, 1.82) is 0 Å². The Morgan fingerprint density at radius 3 is 2.83 bits per heavy atom. The van der Waals surface area contributed by atoms with Crippen LogP contribution in [0, 0.1) is 0 Å². The zero-order valence-electron chi connectivity index (χ0n) is 6.81. The molecule has 0 fully saturated rings. The van der Waals surface area contributed by atoms with Crippen molar-refractivity contribution in [3.8, 4) is 5.75 Å². The standard InChI is InChI=1S/C9H10ClFO/c1-2-7-3-4-8(10)5-9(7)12-6-11/h3-5H,2,6H2,1H3. The smallest absolute Gasteiger partial charge is 0.228 e. The topological polar surface area (TPSA) is 9.23 Å². The molecule has 0 amide bonds. The normalized spacial score (nSPS) is 9.92. The molecular weight excluding hydrogens is 179 g/mol. The van der Waals surface area contributed by atoms with E-state index in [0.29, 0.717) is 10.8 Å². The van der Waals surface area contributed by atoms with E-state index in [-0.39, 0.29) is 0 Å². The van der Waals surface area contributed by atoms with Gasteiger partial charge in [-0.25, -0.2) is 4.39 Å². The molecule has 0 bridgehead atoms. The summed E-state index contributed by atoms with van der Waals surface area (Å²) in [6.45, 7) is 1.17. The Kier molecular flexibility index (Phi) is 3.35. The van der Waals surface area contributed by atoms with E-state index >= 15 is 0 Å². The fourth-order valence-corrected chi connectivity index (χ4v) is 1.18. The van der Waals surface area contributed by atoms with Crippen molar-refractivity contribution in [2.24, 2.45) is 0 Å². The van der Waals surface area contributed by atoms with Crippen LogP contribution in [-0.4, -0.2) is 6.86 Å². The zero-order chi connectivity index (χ0) is 8.97. The molecule has 0 aliphatic heterocycles. The van der Waals surface area contributed by atoms with Gasteiger partial charge in [-0.2, -0.15) is 0 Å². The van der Waals surface area contributed by atoms with Crippen LogP contribution in [0.2, 0.25) is 5.02 Å². The molecule has 0 aromatic heterocycles. The number of rotatable bonds is 3. The molecule has 0 saturated heterocycles. The molecule has 0 heterocycles. The van der Waals surface area contributed by atoms with Gasteiger partial charge >= 0.3 is 0 Å². The lowest BCUT2D eigenvalue weighted by Gasteiger charge is -2.06. The zero-order valence-corrected chi connectivity index (χ0v) is 7.57. The molecule has 0 spiro atoms. The second-order valence-corrected chi connectivity index (χ2v) is 2.80. The number of alkyl halides is 1. The molecule has 1 aromatic rings. The molecule has 0 N–H and O–H groups in total. The summed E-state index contributed by atoms with van der Waals surface area (Å²) in [4.78, 5) is 0. The van der Waals surface area contributed by atoms with E-state index < -0.39 is 6.86 Å². The third-order valence-corrected chi connectivity index (χ3v) is 1.86. The second-order valence-electron chi connectivity index (χ2n) is 2.36. The highest BCUT2D eigenvalue weighted by molar-refractivity contribution is 6.30. The highest BCUT2D eigenvalue weighted by Gasteiger charge is 2.01. The van der Waals surface area contributed by atoms with E-state index in [4.69, 9.17) is 16.3 Å². The molecule has 0 aliphatic rings. The summed E-state index contributed by atoms with van der Waals surface area (Å²) in [5, 5.41) is 0.565. The van der Waals surface area contributed by atoms with Crippen molar-refractivity contribution in [3.63, 3.8) is 0 Å². The fourth-order valence-electron chi connectivity index (χ4n) is 1.01. The third-order valence-electron chi connectivity index (χ3n) is 1.62. The summed E-state index contributed by atoms with van der Waals surface area (Å²) in [6.07, 6.45) is 0.812. The first-order chi connectivity index (χ1) is 5.77.